The lowest BCUT2D eigenvalue weighted by molar-refractivity contribution is -0.129. The van der Waals surface area contributed by atoms with Gasteiger partial charge < -0.3 is 10.2 Å². The van der Waals surface area contributed by atoms with Crippen molar-refractivity contribution >= 4 is 22.5 Å². The molecule has 1 aliphatic heterocycles. The molecule has 1 atom stereocenters. The number of rotatable bonds is 2. The monoisotopic (exact) mass is 381 g/mol. The molecular weight excluding hydrogens is 360 g/mol. The van der Waals surface area contributed by atoms with E-state index in [1.807, 2.05) is 13.0 Å². The van der Waals surface area contributed by atoms with E-state index < -0.39 is 0 Å². The van der Waals surface area contributed by atoms with Gasteiger partial charge in [-0.25, -0.2) is 8.78 Å². The Balaban J connectivity index is 1.77. The topological polar surface area (TPSA) is 45.2 Å². The lowest BCUT2D eigenvalue weighted by Gasteiger charge is -2.22. The Kier molecular flexibility index (Phi) is 4.71. The summed E-state index contributed by atoms with van der Waals surface area (Å²) < 4.78 is 27.7. The normalized spacial score (nSPS) is 16.6. The van der Waals surface area contributed by atoms with Gasteiger partial charge in [-0.05, 0) is 60.9 Å². The summed E-state index contributed by atoms with van der Waals surface area (Å²) in [6.07, 6.45) is 0.663. The fourth-order valence-electron chi connectivity index (χ4n) is 3.83. The zero-order valence-corrected chi connectivity index (χ0v) is 15.8. The van der Waals surface area contributed by atoms with Gasteiger partial charge in [0, 0.05) is 36.8 Å². The van der Waals surface area contributed by atoms with Gasteiger partial charge in [0.05, 0.1) is 11.6 Å². The molecule has 3 aromatic rings. The van der Waals surface area contributed by atoms with E-state index in [2.05, 4.69) is 10.3 Å². The third-order valence-corrected chi connectivity index (χ3v) is 5.20. The molecule has 1 aliphatic rings. The fraction of sp³-hybridized carbons (Fsp3) is 0.273. The summed E-state index contributed by atoms with van der Waals surface area (Å²) in [6, 6.07) is 11.0. The number of nitrogens with zero attached hydrogens (tertiary/aromatic N) is 2. The highest BCUT2D eigenvalue weighted by Crippen LogP contribution is 2.33. The highest BCUT2D eigenvalue weighted by molar-refractivity contribution is 5.91. The van der Waals surface area contributed by atoms with Crippen LogP contribution in [-0.4, -0.2) is 22.3 Å². The van der Waals surface area contributed by atoms with Crippen molar-refractivity contribution < 1.29 is 13.6 Å². The summed E-state index contributed by atoms with van der Waals surface area (Å²) in [5.41, 5.74) is 4.04. The van der Waals surface area contributed by atoms with Crippen LogP contribution in [0.1, 0.15) is 36.2 Å². The smallest absolute Gasteiger partial charge is 0.219 e. The van der Waals surface area contributed by atoms with Crippen LogP contribution in [0, 0.1) is 18.6 Å². The Morgan fingerprint density at radius 3 is 2.68 bits per heavy atom. The van der Waals surface area contributed by atoms with E-state index in [0.29, 0.717) is 30.4 Å². The van der Waals surface area contributed by atoms with Crippen molar-refractivity contribution in [1.29, 1.82) is 0 Å². The summed E-state index contributed by atoms with van der Waals surface area (Å²) in [5.74, 6) is -0.689. The average molecular weight is 381 g/mol. The van der Waals surface area contributed by atoms with E-state index in [1.165, 1.54) is 31.2 Å². The van der Waals surface area contributed by atoms with E-state index in [-0.39, 0.29) is 23.6 Å². The molecule has 1 unspecified atom stereocenters. The summed E-state index contributed by atoms with van der Waals surface area (Å²) >= 11 is 0. The minimum atomic E-state index is -0.327. The Hall–Kier alpha value is -3.02. The van der Waals surface area contributed by atoms with E-state index >= 15 is 0 Å². The second-order valence-electron chi connectivity index (χ2n) is 7.24. The Morgan fingerprint density at radius 1 is 1.14 bits per heavy atom. The predicted octanol–water partition coefficient (Wildman–Crippen LogP) is 4.73. The average Bonchev–Trinajstić information content (AvgIpc) is 2.81. The molecule has 2 heterocycles. The highest BCUT2D eigenvalue weighted by Gasteiger charge is 2.24. The number of aromatic nitrogens is 1. The van der Waals surface area contributed by atoms with Crippen molar-refractivity contribution in [3.05, 3.63) is 70.9 Å². The number of benzene rings is 2. The van der Waals surface area contributed by atoms with Gasteiger partial charge >= 0.3 is 0 Å². The maximum Gasteiger partial charge on any atom is 0.219 e. The molecule has 0 bridgehead atoms. The molecule has 4 nitrogen and oxygen atoms in total. The Labute approximate surface area is 162 Å². The summed E-state index contributed by atoms with van der Waals surface area (Å²) in [7, 11) is 0. The largest absolute Gasteiger partial charge is 0.378 e. The second-order valence-corrected chi connectivity index (χ2v) is 7.24. The van der Waals surface area contributed by atoms with Crippen molar-refractivity contribution in [1.82, 2.24) is 9.88 Å². The molecule has 1 aromatic heterocycles. The van der Waals surface area contributed by atoms with E-state index in [1.54, 1.807) is 17.0 Å². The van der Waals surface area contributed by atoms with Gasteiger partial charge in [-0.15, -0.1) is 0 Å². The quantitative estimate of drug-likeness (QED) is 0.698. The molecule has 1 N–H and O–H groups in total. The zero-order valence-electron chi connectivity index (χ0n) is 15.8. The Morgan fingerprint density at radius 2 is 1.89 bits per heavy atom. The first kappa shape index (κ1) is 18.3. The van der Waals surface area contributed by atoms with Crippen LogP contribution in [0.3, 0.4) is 0 Å². The Bertz CT molecular complexity index is 1070. The van der Waals surface area contributed by atoms with Crippen molar-refractivity contribution in [3.8, 4) is 0 Å². The van der Waals surface area contributed by atoms with Gasteiger partial charge in [-0.2, -0.15) is 0 Å². The summed E-state index contributed by atoms with van der Waals surface area (Å²) in [4.78, 5) is 18.1. The van der Waals surface area contributed by atoms with Gasteiger partial charge in [0.25, 0.3) is 0 Å². The molecule has 0 aliphatic carbocycles. The van der Waals surface area contributed by atoms with Crippen LogP contribution >= 0.6 is 0 Å². The first-order valence-corrected chi connectivity index (χ1v) is 9.28. The molecule has 0 saturated carbocycles. The van der Waals surface area contributed by atoms with Crippen molar-refractivity contribution in [2.75, 3.05) is 11.9 Å². The van der Waals surface area contributed by atoms with E-state index in [9.17, 15) is 13.6 Å². The van der Waals surface area contributed by atoms with E-state index in [4.69, 9.17) is 0 Å². The number of pyridine rings is 1. The van der Waals surface area contributed by atoms with Crippen LogP contribution in [0.15, 0.2) is 42.5 Å². The molecule has 4 rings (SSSR count). The van der Waals surface area contributed by atoms with Crippen LogP contribution in [0.25, 0.3) is 10.9 Å². The first-order chi connectivity index (χ1) is 13.4. The summed E-state index contributed by atoms with van der Waals surface area (Å²) in [6.45, 7) is 4.35. The number of aryl methyl sites for hydroxylation is 1. The molecule has 0 spiro atoms. The molecular formula is C22H21F2N3O. The molecule has 0 saturated heterocycles. The number of amides is 1. The van der Waals surface area contributed by atoms with E-state index in [0.717, 1.165) is 22.5 Å². The molecule has 6 heteroatoms. The SMILES string of the molecule is CC(=O)N1CCC(Nc2cc(C)nc3ccc(F)cc23)c2ccc(F)cc2C1. The standard InChI is InChI=1S/C22H21F2N3O/c1-13-9-22(19-11-17(24)4-6-20(19)25-13)26-21-7-8-27(14(2)28)12-15-10-16(23)3-5-18(15)21/h3-6,9-11,21H,7-8,12H2,1-2H3,(H,25,26). The highest BCUT2D eigenvalue weighted by atomic mass is 19.1. The van der Waals surface area contributed by atoms with Crippen LogP contribution in [-0.2, 0) is 11.3 Å². The third kappa shape index (κ3) is 3.54. The van der Waals surface area contributed by atoms with Crippen molar-refractivity contribution in [2.45, 2.75) is 32.9 Å². The maximum atomic E-state index is 13.8. The number of fused-ring (bicyclic) bond motifs is 2. The number of carbonyl (C=O) groups is 1. The number of hydrogen-bond donors (Lipinski definition) is 1. The molecule has 1 amide bonds. The van der Waals surface area contributed by atoms with Gasteiger partial charge in [0.2, 0.25) is 5.91 Å². The number of halogens is 2. The predicted molar refractivity (Wildman–Crippen MR) is 105 cm³/mol. The van der Waals surface area contributed by atoms with Crippen LogP contribution in [0.5, 0.6) is 0 Å². The lowest BCUT2D eigenvalue weighted by Crippen LogP contribution is -2.28. The van der Waals surface area contributed by atoms with Crippen molar-refractivity contribution in [3.63, 3.8) is 0 Å². The summed E-state index contributed by atoms with van der Waals surface area (Å²) in [5, 5.41) is 4.20. The molecule has 144 valence electrons. The maximum absolute atomic E-state index is 13.8. The van der Waals surface area contributed by atoms with Crippen LogP contribution < -0.4 is 5.32 Å². The number of anilines is 1. The van der Waals surface area contributed by atoms with Gasteiger partial charge in [0.15, 0.2) is 0 Å². The minimum Gasteiger partial charge on any atom is -0.378 e. The first-order valence-electron chi connectivity index (χ1n) is 9.28. The number of nitrogens with one attached hydrogen (secondary N) is 1. The number of hydrogen-bond acceptors (Lipinski definition) is 3. The molecule has 0 fully saturated rings. The zero-order chi connectivity index (χ0) is 19.8. The number of carbonyl (C=O) groups excluding carboxylic acids is 1. The minimum absolute atomic E-state index is 0.0388. The van der Waals surface area contributed by atoms with Crippen LogP contribution in [0.4, 0.5) is 14.5 Å². The van der Waals surface area contributed by atoms with Gasteiger partial charge in [-0.1, -0.05) is 6.07 Å². The second kappa shape index (κ2) is 7.19. The van der Waals surface area contributed by atoms with Crippen molar-refractivity contribution in [2.24, 2.45) is 0 Å². The van der Waals surface area contributed by atoms with Gasteiger partial charge in [0.1, 0.15) is 11.6 Å². The molecule has 28 heavy (non-hydrogen) atoms. The molecule has 2 aromatic carbocycles. The third-order valence-electron chi connectivity index (χ3n) is 5.20. The molecule has 0 radical (unpaired) electrons. The van der Waals surface area contributed by atoms with Crippen LogP contribution in [0.2, 0.25) is 0 Å². The van der Waals surface area contributed by atoms with Gasteiger partial charge in [-0.3, -0.25) is 9.78 Å². The lowest BCUT2D eigenvalue weighted by atomic mass is 9.98. The fourth-order valence-corrected chi connectivity index (χ4v) is 3.83.